The molecule has 0 saturated heterocycles. The van der Waals surface area contributed by atoms with Crippen LogP contribution in [0.5, 0.6) is 0 Å². The molecule has 4 heterocycles. The first kappa shape index (κ1) is 21.0. The number of nitrogens with zero attached hydrogens (tertiary/aromatic N) is 2. The zero-order valence-corrected chi connectivity index (χ0v) is 21.5. The number of rotatable bonds is 3. The molecule has 2 nitrogen and oxygen atoms in total. The second-order valence-corrected chi connectivity index (χ2v) is 11.2. The zero-order valence-electron chi connectivity index (χ0n) is 20.6. The number of hydrogen-bond acceptors (Lipinski definition) is 1. The van der Waals surface area contributed by atoms with Crippen molar-refractivity contribution in [3.63, 3.8) is 0 Å². The quantitative estimate of drug-likeness (QED) is 0.177. The molecular weight excluding hydrogens is 468 g/mol. The third-order valence-corrected chi connectivity index (χ3v) is 9.35. The van der Waals surface area contributed by atoms with Crippen LogP contribution >= 0.6 is 11.3 Å². The Kier molecular flexibility index (Phi) is 4.53. The second-order valence-electron chi connectivity index (χ2n) is 10.2. The summed E-state index contributed by atoms with van der Waals surface area (Å²) < 4.78 is 7.63. The standard InChI is InChI=1S/C34H26N2S/c1-22-16-17-26-24-11-4-5-15-30(24)37-34(26)31(22)29-14-6-8-19-35(29)21-18-27-32-25-12-3-2-10-23(25)28-13-7-9-20-36(28)33(27)32/h2-20,32-33H,21H2,1H3/q+2/b27-18-. The average Bonchev–Trinajstić information content (AvgIpc) is 3.56. The minimum absolute atomic E-state index is 0.437. The van der Waals surface area contributed by atoms with Gasteiger partial charge in [0.15, 0.2) is 25.0 Å². The molecule has 0 spiro atoms. The molecule has 6 aromatic rings. The van der Waals surface area contributed by atoms with Crippen LogP contribution < -0.4 is 9.13 Å². The van der Waals surface area contributed by atoms with Gasteiger partial charge in [0.2, 0.25) is 11.4 Å². The first-order valence-corrected chi connectivity index (χ1v) is 13.8. The van der Waals surface area contributed by atoms with Gasteiger partial charge in [0, 0.05) is 50.0 Å². The summed E-state index contributed by atoms with van der Waals surface area (Å²) in [5.74, 6) is 0.483. The smallest absolute Gasteiger partial charge is 0.194 e. The highest BCUT2D eigenvalue weighted by Gasteiger charge is 2.57. The van der Waals surface area contributed by atoms with Crippen molar-refractivity contribution in [1.82, 2.24) is 0 Å². The number of thiophene rings is 1. The lowest BCUT2D eigenvalue weighted by Gasteiger charge is -2.12. The van der Waals surface area contributed by atoms with E-state index in [1.807, 2.05) is 11.3 Å². The molecular formula is C34H26N2S+2. The molecule has 3 aromatic carbocycles. The van der Waals surface area contributed by atoms with Crippen molar-refractivity contribution in [2.45, 2.75) is 25.4 Å². The van der Waals surface area contributed by atoms with Gasteiger partial charge >= 0.3 is 0 Å². The molecule has 37 heavy (non-hydrogen) atoms. The van der Waals surface area contributed by atoms with Crippen LogP contribution in [0.4, 0.5) is 0 Å². The molecule has 0 radical (unpaired) electrons. The number of benzene rings is 3. The predicted molar refractivity (Wildman–Crippen MR) is 152 cm³/mol. The summed E-state index contributed by atoms with van der Waals surface area (Å²) in [6, 6.07) is 35.9. The van der Waals surface area contributed by atoms with Crippen molar-refractivity contribution in [2.75, 3.05) is 0 Å². The number of aromatic nitrogens is 2. The van der Waals surface area contributed by atoms with Gasteiger partial charge in [-0.05, 0) is 48.4 Å². The average molecular weight is 495 g/mol. The fourth-order valence-corrected chi connectivity index (χ4v) is 7.70. The van der Waals surface area contributed by atoms with Crippen molar-refractivity contribution < 1.29 is 9.13 Å². The Balaban J connectivity index is 1.23. The third-order valence-electron chi connectivity index (χ3n) is 8.14. The first-order valence-electron chi connectivity index (χ1n) is 13.0. The lowest BCUT2D eigenvalue weighted by atomic mass is 9.97. The summed E-state index contributed by atoms with van der Waals surface area (Å²) in [5, 5.41) is 2.71. The van der Waals surface area contributed by atoms with Gasteiger partial charge in [-0.1, -0.05) is 48.5 Å². The summed E-state index contributed by atoms with van der Waals surface area (Å²) in [5.41, 5.74) is 9.65. The molecule has 2 atom stereocenters. The van der Waals surface area contributed by atoms with Gasteiger partial charge in [-0.3, -0.25) is 0 Å². The fraction of sp³-hybridized carbons (Fsp3) is 0.118. The Morgan fingerprint density at radius 2 is 1.54 bits per heavy atom. The van der Waals surface area contributed by atoms with Crippen molar-refractivity contribution in [2.24, 2.45) is 0 Å². The van der Waals surface area contributed by atoms with Crippen molar-refractivity contribution >= 4 is 31.5 Å². The van der Waals surface area contributed by atoms with Gasteiger partial charge < -0.3 is 0 Å². The topological polar surface area (TPSA) is 7.76 Å². The monoisotopic (exact) mass is 494 g/mol. The normalized spacial score (nSPS) is 18.6. The largest absolute Gasteiger partial charge is 0.214 e. The van der Waals surface area contributed by atoms with Crippen molar-refractivity contribution in [1.29, 1.82) is 0 Å². The highest BCUT2D eigenvalue weighted by atomic mass is 32.1. The predicted octanol–water partition coefficient (Wildman–Crippen LogP) is 7.55. The maximum atomic E-state index is 2.48. The maximum Gasteiger partial charge on any atom is 0.214 e. The third kappa shape index (κ3) is 3.11. The Labute approximate surface area is 220 Å². The van der Waals surface area contributed by atoms with E-state index in [1.54, 1.807) is 0 Å². The number of pyridine rings is 2. The van der Waals surface area contributed by atoms with Crippen LogP contribution in [0.1, 0.15) is 23.1 Å². The van der Waals surface area contributed by atoms with Crippen LogP contribution in [0.25, 0.3) is 42.7 Å². The van der Waals surface area contributed by atoms with Gasteiger partial charge in [-0.2, -0.15) is 9.13 Å². The molecule has 0 bridgehead atoms. The highest BCUT2D eigenvalue weighted by Crippen LogP contribution is 2.58. The lowest BCUT2D eigenvalue weighted by Crippen LogP contribution is -2.37. The first-order chi connectivity index (χ1) is 18.3. The van der Waals surface area contributed by atoms with Crippen LogP contribution in [0.3, 0.4) is 0 Å². The van der Waals surface area contributed by atoms with E-state index < -0.39 is 0 Å². The van der Waals surface area contributed by atoms with Gasteiger partial charge in [0.25, 0.3) is 0 Å². The van der Waals surface area contributed by atoms with Crippen molar-refractivity contribution in [3.05, 3.63) is 132 Å². The SMILES string of the molecule is Cc1ccc2c(sc3ccccc32)c1-c1cccc[n+]1C/C=C1/C2c3ccccc3-c3cccc[n+]3C12. The van der Waals surface area contributed by atoms with Crippen LogP contribution in [0, 0.1) is 6.92 Å². The molecule has 176 valence electrons. The molecule has 3 heteroatoms. The Hall–Kier alpha value is -4.08. The molecule has 3 aromatic heterocycles. The zero-order chi connectivity index (χ0) is 24.5. The van der Waals surface area contributed by atoms with Gasteiger partial charge in [0.05, 0.1) is 17.0 Å². The minimum Gasteiger partial charge on any atom is -0.194 e. The number of allylic oxidation sites excluding steroid dienone is 2. The maximum absolute atomic E-state index is 2.48. The van der Waals surface area contributed by atoms with E-state index in [2.05, 4.69) is 132 Å². The summed E-state index contributed by atoms with van der Waals surface area (Å²) in [6.45, 7) is 3.11. The Morgan fingerprint density at radius 3 is 2.49 bits per heavy atom. The summed E-state index contributed by atoms with van der Waals surface area (Å²) in [4.78, 5) is 0. The molecule has 2 unspecified atom stereocenters. The fourth-order valence-electron chi connectivity index (χ4n) is 6.39. The van der Waals surface area contributed by atoms with Crippen LogP contribution in [-0.2, 0) is 6.54 Å². The molecule has 1 aliphatic heterocycles. The molecule has 8 rings (SSSR count). The second kappa shape index (κ2) is 7.96. The van der Waals surface area contributed by atoms with E-state index in [4.69, 9.17) is 0 Å². The highest BCUT2D eigenvalue weighted by molar-refractivity contribution is 7.26. The molecule has 0 N–H and O–H groups in total. The van der Waals surface area contributed by atoms with E-state index >= 15 is 0 Å². The van der Waals surface area contributed by atoms with Gasteiger partial charge in [-0.25, -0.2) is 0 Å². The summed E-state index contributed by atoms with van der Waals surface area (Å²) >= 11 is 1.91. The lowest BCUT2D eigenvalue weighted by molar-refractivity contribution is -0.689. The molecule has 1 aliphatic carbocycles. The molecule has 2 aliphatic rings. The van der Waals surface area contributed by atoms with Crippen LogP contribution in [-0.4, -0.2) is 0 Å². The Bertz CT molecular complexity index is 1840. The summed E-state index contributed by atoms with van der Waals surface area (Å²) in [6.07, 6.45) is 6.96. The van der Waals surface area contributed by atoms with Crippen molar-refractivity contribution in [3.8, 4) is 22.5 Å². The van der Waals surface area contributed by atoms with Crippen LogP contribution in [0.2, 0.25) is 0 Å². The number of fused-ring (bicyclic) bond motifs is 9. The van der Waals surface area contributed by atoms with E-state index in [1.165, 1.54) is 59.4 Å². The van der Waals surface area contributed by atoms with Crippen LogP contribution in [0.15, 0.2) is 121 Å². The molecule has 1 saturated carbocycles. The van der Waals surface area contributed by atoms with Gasteiger partial charge in [-0.15, -0.1) is 11.3 Å². The van der Waals surface area contributed by atoms with E-state index in [0.717, 1.165) is 6.54 Å². The minimum atomic E-state index is 0.437. The van der Waals surface area contributed by atoms with Gasteiger partial charge in [0.1, 0.15) is 0 Å². The van der Waals surface area contributed by atoms with E-state index in [0.29, 0.717) is 12.0 Å². The number of hydrogen-bond donors (Lipinski definition) is 0. The molecule has 1 fully saturated rings. The summed E-state index contributed by atoms with van der Waals surface area (Å²) in [7, 11) is 0. The molecule has 0 amide bonds. The number of aryl methyl sites for hydroxylation is 1. The van der Waals surface area contributed by atoms with E-state index in [-0.39, 0.29) is 0 Å². The Morgan fingerprint density at radius 1 is 0.757 bits per heavy atom. The van der Waals surface area contributed by atoms with E-state index in [9.17, 15) is 0 Å².